The molecule has 1 fully saturated rings. The number of hydrogen-bond acceptors (Lipinski definition) is 2. The quantitative estimate of drug-likeness (QED) is 0.784. The van der Waals surface area contributed by atoms with Gasteiger partial charge in [-0.2, -0.15) is 0 Å². The Hall–Kier alpha value is -0.570. The van der Waals surface area contributed by atoms with E-state index in [1.807, 2.05) is 0 Å². The van der Waals surface area contributed by atoms with Gasteiger partial charge in [-0.15, -0.1) is 0 Å². The van der Waals surface area contributed by atoms with E-state index < -0.39 is 0 Å². The summed E-state index contributed by atoms with van der Waals surface area (Å²) >= 11 is 0. The summed E-state index contributed by atoms with van der Waals surface area (Å²) in [5.41, 5.74) is 0.804. The van der Waals surface area contributed by atoms with E-state index in [0.29, 0.717) is 29.2 Å². The molecule has 0 spiro atoms. The molecule has 0 radical (unpaired) electrons. The van der Waals surface area contributed by atoms with Crippen molar-refractivity contribution >= 4 is 5.91 Å². The van der Waals surface area contributed by atoms with Crippen molar-refractivity contribution in [1.82, 2.24) is 10.6 Å². The van der Waals surface area contributed by atoms with E-state index >= 15 is 0 Å². The van der Waals surface area contributed by atoms with Crippen LogP contribution in [0, 0.1) is 16.7 Å². The van der Waals surface area contributed by atoms with Crippen molar-refractivity contribution in [1.29, 1.82) is 0 Å². The van der Waals surface area contributed by atoms with Crippen LogP contribution in [0.5, 0.6) is 0 Å². The van der Waals surface area contributed by atoms with Crippen molar-refractivity contribution in [3.8, 4) is 0 Å². The van der Waals surface area contributed by atoms with Gasteiger partial charge in [0, 0.05) is 25.6 Å². The fraction of sp³-hybridized carbons (Fsp3) is 0.941. The first-order chi connectivity index (χ1) is 9.10. The Morgan fingerprint density at radius 2 is 1.70 bits per heavy atom. The van der Waals surface area contributed by atoms with Crippen LogP contribution in [-0.4, -0.2) is 25.0 Å². The average molecular weight is 282 g/mol. The minimum absolute atomic E-state index is 0.167. The maximum atomic E-state index is 11.7. The zero-order chi connectivity index (χ0) is 15.4. The second-order valence-electron chi connectivity index (χ2n) is 8.51. The molecule has 1 saturated carbocycles. The number of carbonyl (C=O) groups is 1. The van der Waals surface area contributed by atoms with Crippen LogP contribution in [-0.2, 0) is 4.79 Å². The second kappa shape index (κ2) is 6.93. The largest absolute Gasteiger partial charge is 0.356 e. The Bertz CT molecular complexity index is 305. The summed E-state index contributed by atoms with van der Waals surface area (Å²) in [4.78, 5) is 11.7. The van der Waals surface area contributed by atoms with Gasteiger partial charge in [0.25, 0.3) is 0 Å². The molecule has 3 heteroatoms. The van der Waals surface area contributed by atoms with E-state index in [2.05, 4.69) is 52.2 Å². The van der Waals surface area contributed by atoms with Gasteiger partial charge in [-0.25, -0.2) is 0 Å². The van der Waals surface area contributed by atoms with Crippen LogP contribution in [0.15, 0.2) is 0 Å². The highest BCUT2D eigenvalue weighted by molar-refractivity contribution is 5.76. The summed E-state index contributed by atoms with van der Waals surface area (Å²) in [5, 5.41) is 6.56. The van der Waals surface area contributed by atoms with Crippen LogP contribution in [0.3, 0.4) is 0 Å². The lowest BCUT2D eigenvalue weighted by Crippen LogP contribution is -2.44. The van der Waals surface area contributed by atoms with Gasteiger partial charge in [-0.3, -0.25) is 4.79 Å². The van der Waals surface area contributed by atoms with E-state index in [9.17, 15) is 4.79 Å². The monoisotopic (exact) mass is 282 g/mol. The van der Waals surface area contributed by atoms with Gasteiger partial charge in [0.15, 0.2) is 0 Å². The molecule has 118 valence electrons. The van der Waals surface area contributed by atoms with Crippen LogP contribution >= 0.6 is 0 Å². The lowest BCUT2D eigenvalue weighted by Gasteiger charge is -2.45. The van der Waals surface area contributed by atoms with Gasteiger partial charge in [0.05, 0.1) is 0 Å². The highest BCUT2D eigenvalue weighted by Gasteiger charge is 2.38. The molecular formula is C17H34N2O. The third-order valence-electron chi connectivity index (χ3n) is 4.05. The van der Waals surface area contributed by atoms with Crippen molar-refractivity contribution in [3.63, 3.8) is 0 Å². The Labute approximate surface area is 125 Å². The lowest BCUT2D eigenvalue weighted by atomic mass is 9.63. The Balaban J connectivity index is 2.29. The molecule has 0 aliphatic heterocycles. The fourth-order valence-electron chi connectivity index (χ4n) is 3.79. The van der Waals surface area contributed by atoms with Gasteiger partial charge < -0.3 is 10.6 Å². The molecule has 0 atom stereocenters. The third-order valence-corrected chi connectivity index (χ3v) is 4.05. The third kappa shape index (κ3) is 6.74. The molecule has 20 heavy (non-hydrogen) atoms. The number of carbonyl (C=O) groups excluding carboxylic acids is 1. The SMILES string of the molecule is CC(C)CNC(=O)CCNC1CC(C)(C)CC(C)(C)C1. The molecule has 1 aliphatic rings. The van der Waals surface area contributed by atoms with Crippen molar-refractivity contribution in [2.75, 3.05) is 13.1 Å². The van der Waals surface area contributed by atoms with Crippen LogP contribution in [0.25, 0.3) is 0 Å². The zero-order valence-corrected chi connectivity index (χ0v) is 14.3. The predicted octanol–water partition coefficient (Wildman–Crippen LogP) is 3.34. The molecule has 0 saturated heterocycles. The summed E-state index contributed by atoms with van der Waals surface area (Å²) in [6, 6.07) is 0.548. The summed E-state index contributed by atoms with van der Waals surface area (Å²) in [7, 11) is 0. The van der Waals surface area contributed by atoms with Crippen molar-refractivity contribution in [3.05, 3.63) is 0 Å². The minimum atomic E-state index is 0.167. The van der Waals surface area contributed by atoms with Crippen LogP contribution < -0.4 is 10.6 Å². The summed E-state index contributed by atoms with van der Waals surface area (Å²) in [6.45, 7) is 15.2. The fourth-order valence-corrected chi connectivity index (χ4v) is 3.79. The molecule has 0 bridgehead atoms. The smallest absolute Gasteiger partial charge is 0.221 e. The normalized spacial score (nSPS) is 21.9. The van der Waals surface area contributed by atoms with E-state index in [-0.39, 0.29) is 5.91 Å². The highest BCUT2D eigenvalue weighted by Crippen LogP contribution is 2.45. The first-order valence-electron chi connectivity index (χ1n) is 8.10. The first-order valence-corrected chi connectivity index (χ1v) is 8.10. The van der Waals surface area contributed by atoms with Gasteiger partial charge in [-0.1, -0.05) is 41.5 Å². The molecule has 0 aromatic heterocycles. The number of hydrogen-bond donors (Lipinski definition) is 2. The van der Waals surface area contributed by atoms with Gasteiger partial charge >= 0.3 is 0 Å². The van der Waals surface area contributed by atoms with Crippen molar-refractivity contribution in [2.24, 2.45) is 16.7 Å². The van der Waals surface area contributed by atoms with Crippen LogP contribution in [0.1, 0.15) is 67.2 Å². The molecule has 2 N–H and O–H groups in total. The van der Waals surface area contributed by atoms with E-state index in [1.54, 1.807) is 0 Å². The van der Waals surface area contributed by atoms with Crippen molar-refractivity contribution in [2.45, 2.75) is 73.3 Å². The molecule has 0 aromatic carbocycles. The summed E-state index contributed by atoms with van der Waals surface area (Å²) < 4.78 is 0. The van der Waals surface area contributed by atoms with Crippen LogP contribution in [0.2, 0.25) is 0 Å². The molecule has 3 nitrogen and oxygen atoms in total. The highest BCUT2D eigenvalue weighted by atomic mass is 16.1. The predicted molar refractivity (Wildman–Crippen MR) is 85.7 cm³/mol. The molecule has 0 aromatic rings. The molecule has 1 rings (SSSR count). The topological polar surface area (TPSA) is 41.1 Å². The minimum Gasteiger partial charge on any atom is -0.356 e. The van der Waals surface area contributed by atoms with E-state index in [4.69, 9.17) is 0 Å². The molecule has 1 amide bonds. The average Bonchev–Trinajstić information content (AvgIpc) is 2.21. The summed E-state index contributed by atoms with van der Waals surface area (Å²) in [6.07, 6.45) is 4.30. The molecular weight excluding hydrogens is 248 g/mol. The molecule has 0 heterocycles. The lowest BCUT2D eigenvalue weighted by molar-refractivity contribution is -0.121. The maximum absolute atomic E-state index is 11.7. The number of rotatable bonds is 6. The number of amides is 1. The Morgan fingerprint density at radius 3 is 2.20 bits per heavy atom. The Kier molecular flexibility index (Phi) is 6.06. The van der Waals surface area contributed by atoms with Crippen molar-refractivity contribution < 1.29 is 4.79 Å². The van der Waals surface area contributed by atoms with E-state index in [1.165, 1.54) is 19.3 Å². The number of nitrogens with one attached hydrogen (secondary N) is 2. The summed E-state index contributed by atoms with van der Waals surface area (Å²) in [5.74, 6) is 0.687. The second-order valence-corrected chi connectivity index (χ2v) is 8.51. The standard InChI is InChI=1S/C17H34N2O/c1-13(2)11-19-15(20)7-8-18-14-9-16(3,4)12-17(5,6)10-14/h13-14,18H,7-12H2,1-6H3,(H,19,20). The molecule has 0 unspecified atom stereocenters. The maximum Gasteiger partial charge on any atom is 0.221 e. The van der Waals surface area contributed by atoms with E-state index in [0.717, 1.165) is 13.1 Å². The van der Waals surface area contributed by atoms with Gasteiger partial charge in [-0.05, 0) is 36.0 Å². The first kappa shape index (κ1) is 17.5. The van der Waals surface area contributed by atoms with Gasteiger partial charge in [0.2, 0.25) is 5.91 Å². The zero-order valence-electron chi connectivity index (χ0n) is 14.3. The Morgan fingerprint density at radius 1 is 1.15 bits per heavy atom. The van der Waals surface area contributed by atoms with Gasteiger partial charge in [0.1, 0.15) is 0 Å². The van der Waals surface area contributed by atoms with Crippen LogP contribution in [0.4, 0.5) is 0 Å². The molecule has 1 aliphatic carbocycles.